The molecule has 4 nitrogen and oxygen atoms in total. The second kappa shape index (κ2) is 7.07. The maximum Gasteiger partial charge on any atom is 0.310 e. The predicted molar refractivity (Wildman–Crippen MR) is 103 cm³/mol. The van der Waals surface area contributed by atoms with Crippen LogP contribution in [0.1, 0.15) is 5.56 Å². The lowest BCUT2D eigenvalue weighted by Crippen LogP contribution is -2.35. The number of amides is 1. The summed E-state index contributed by atoms with van der Waals surface area (Å²) in [6.45, 7) is 0. The third-order valence-electron chi connectivity index (χ3n) is 3.90. The van der Waals surface area contributed by atoms with Crippen LogP contribution in [0.2, 0.25) is 0 Å². The highest BCUT2D eigenvalue weighted by molar-refractivity contribution is 6.27. The van der Waals surface area contributed by atoms with Crippen molar-refractivity contribution < 1.29 is 9.53 Å². The molecule has 1 heterocycles. The summed E-state index contributed by atoms with van der Waals surface area (Å²) in [4.78, 5) is 18.9. The van der Waals surface area contributed by atoms with Crippen LogP contribution >= 0.6 is 0 Å². The molecule has 0 saturated heterocycles. The second-order valence-electron chi connectivity index (χ2n) is 5.73. The smallest absolute Gasteiger partial charge is 0.310 e. The minimum absolute atomic E-state index is 0.217. The summed E-state index contributed by atoms with van der Waals surface area (Å²) in [7, 11) is 0. The number of rotatable bonds is 3. The van der Waals surface area contributed by atoms with E-state index in [0.717, 1.165) is 5.56 Å². The third kappa shape index (κ3) is 3.26. The number of benzene rings is 3. The highest BCUT2D eigenvalue weighted by Crippen LogP contribution is 2.26. The Hall–Kier alpha value is -3.66. The van der Waals surface area contributed by atoms with Gasteiger partial charge < -0.3 is 4.74 Å². The van der Waals surface area contributed by atoms with Crippen LogP contribution < -0.4 is 9.64 Å². The zero-order chi connectivity index (χ0) is 17.8. The van der Waals surface area contributed by atoms with Crippen LogP contribution in [0.15, 0.2) is 102 Å². The Balaban J connectivity index is 1.74. The Kier molecular flexibility index (Phi) is 4.31. The number of ether oxygens (including phenoxy) is 1. The van der Waals surface area contributed by atoms with Gasteiger partial charge in [0.15, 0.2) is 0 Å². The van der Waals surface area contributed by atoms with Crippen molar-refractivity contribution in [3.05, 3.63) is 102 Å². The number of hydrogen-bond acceptors (Lipinski definition) is 3. The first-order valence-electron chi connectivity index (χ1n) is 8.29. The average Bonchev–Trinajstić information content (AvgIpc) is 2.99. The number of carbonyl (C=O) groups excluding carboxylic acids is 1. The maximum atomic E-state index is 13.0. The fourth-order valence-electron chi connectivity index (χ4n) is 2.67. The molecule has 0 atom stereocenters. The molecule has 0 spiro atoms. The molecule has 26 heavy (non-hydrogen) atoms. The molecule has 0 saturated carbocycles. The monoisotopic (exact) mass is 340 g/mol. The Morgan fingerprint density at radius 1 is 0.769 bits per heavy atom. The van der Waals surface area contributed by atoms with E-state index in [4.69, 9.17) is 4.74 Å². The van der Waals surface area contributed by atoms with Gasteiger partial charge in [-0.3, -0.25) is 4.79 Å². The number of hydrogen-bond donors (Lipinski definition) is 0. The Morgan fingerprint density at radius 3 is 2.00 bits per heavy atom. The van der Waals surface area contributed by atoms with Gasteiger partial charge >= 0.3 is 6.02 Å². The molecule has 1 aliphatic rings. The van der Waals surface area contributed by atoms with E-state index in [-0.39, 0.29) is 11.9 Å². The average molecular weight is 340 g/mol. The number of para-hydroxylation sites is 2. The lowest BCUT2D eigenvalue weighted by atomic mass is 10.2. The summed E-state index contributed by atoms with van der Waals surface area (Å²) >= 11 is 0. The van der Waals surface area contributed by atoms with Gasteiger partial charge in [-0.05, 0) is 35.9 Å². The third-order valence-corrected chi connectivity index (χ3v) is 3.90. The molecule has 0 N–H and O–H groups in total. The van der Waals surface area contributed by atoms with Gasteiger partial charge in [-0.15, -0.1) is 0 Å². The first kappa shape index (κ1) is 15.8. The molecule has 3 aromatic carbocycles. The molecule has 126 valence electrons. The van der Waals surface area contributed by atoms with Crippen LogP contribution in [-0.2, 0) is 4.79 Å². The molecule has 3 aromatic rings. The molecular weight excluding hydrogens is 324 g/mol. The molecule has 0 aliphatic carbocycles. The Labute approximate surface area is 151 Å². The highest BCUT2D eigenvalue weighted by atomic mass is 16.5. The molecule has 0 unspecified atom stereocenters. The lowest BCUT2D eigenvalue weighted by molar-refractivity contribution is -0.113. The number of anilines is 1. The molecule has 0 aromatic heterocycles. The van der Waals surface area contributed by atoms with Gasteiger partial charge in [-0.2, -0.15) is 4.99 Å². The highest BCUT2D eigenvalue weighted by Gasteiger charge is 2.33. The molecule has 4 rings (SSSR count). The zero-order valence-corrected chi connectivity index (χ0v) is 13.9. The van der Waals surface area contributed by atoms with Gasteiger partial charge in [0, 0.05) is 0 Å². The Morgan fingerprint density at radius 2 is 1.35 bits per heavy atom. The molecular formula is C22H16N2O2. The molecule has 1 amide bonds. The van der Waals surface area contributed by atoms with Gasteiger partial charge in [0.05, 0.1) is 5.69 Å². The van der Waals surface area contributed by atoms with E-state index in [1.165, 1.54) is 4.90 Å². The number of amidine groups is 1. The summed E-state index contributed by atoms with van der Waals surface area (Å²) in [5.74, 6) is 0.409. The van der Waals surface area contributed by atoms with Crippen LogP contribution in [-0.4, -0.2) is 11.9 Å². The van der Waals surface area contributed by atoms with Crippen molar-refractivity contribution in [2.45, 2.75) is 0 Å². The largest absolute Gasteiger partial charge is 0.425 e. The fraction of sp³-hybridized carbons (Fsp3) is 0. The van der Waals surface area contributed by atoms with E-state index in [1.54, 1.807) is 6.08 Å². The summed E-state index contributed by atoms with van der Waals surface area (Å²) in [5, 5.41) is 0. The summed E-state index contributed by atoms with van der Waals surface area (Å²) in [6.07, 6.45) is 1.76. The molecule has 1 aliphatic heterocycles. The first-order valence-corrected chi connectivity index (χ1v) is 8.29. The summed E-state index contributed by atoms with van der Waals surface area (Å²) in [5.41, 5.74) is 1.96. The van der Waals surface area contributed by atoms with Crippen molar-refractivity contribution in [3.8, 4) is 5.75 Å². The molecule has 0 bridgehead atoms. The van der Waals surface area contributed by atoms with Crippen molar-refractivity contribution >= 4 is 23.7 Å². The van der Waals surface area contributed by atoms with Crippen molar-refractivity contribution in [2.24, 2.45) is 4.99 Å². The maximum absolute atomic E-state index is 13.0. The van der Waals surface area contributed by atoms with Gasteiger partial charge in [-0.1, -0.05) is 66.7 Å². The minimum Gasteiger partial charge on any atom is -0.425 e. The second-order valence-corrected chi connectivity index (χ2v) is 5.73. The van der Waals surface area contributed by atoms with Crippen LogP contribution in [0, 0.1) is 0 Å². The number of carbonyl (C=O) groups is 1. The number of nitrogens with zero attached hydrogens (tertiary/aromatic N) is 2. The zero-order valence-electron chi connectivity index (χ0n) is 13.9. The SMILES string of the molecule is O=C1/C(=C\c2ccccc2)N=C(Oc2ccccc2)N1c1ccccc1. The lowest BCUT2D eigenvalue weighted by Gasteiger charge is -2.17. The summed E-state index contributed by atoms with van der Waals surface area (Å²) in [6, 6.07) is 28.6. The molecule has 0 radical (unpaired) electrons. The van der Waals surface area contributed by atoms with Crippen LogP contribution in [0.3, 0.4) is 0 Å². The van der Waals surface area contributed by atoms with E-state index in [9.17, 15) is 4.79 Å². The Bertz CT molecular complexity index is 965. The van der Waals surface area contributed by atoms with E-state index in [1.807, 2.05) is 91.0 Å². The van der Waals surface area contributed by atoms with E-state index in [2.05, 4.69) is 4.99 Å². The van der Waals surface area contributed by atoms with Crippen molar-refractivity contribution in [1.82, 2.24) is 0 Å². The summed E-state index contributed by atoms with van der Waals surface area (Å²) < 4.78 is 5.89. The van der Waals surface area contributed by atoms with Crippen molar-refractivity contribution in [1.29, 1.82) is 0 Å². The minimum atomic E-state index is -0.217. The van der Waals surface area contributed by atoms with Gasteiger partial charge in [0.25, 0.3) is 5.91 Å². The van der Waals surface area contributed by atoms with Crippen LogP contribution in [0.25, 0.3) is 6.08 Å². The molecule has 0 fully saturated rings. The van der Waals surface area contributed by atoms with Crippen molar-refractivity contribution in [3.63, 3.8) is 0 Å². The normalized spacial score (nSPS) is 15.2. The molecule has 4 heteroatoms. The fourth-order valence-corrected chi connectivity index (χ4v) is 2.67. The van der Waals surface area contributed by atoms with Gasteiger partial charge in [0.2, 0.25) is 0 Å². The quantitative estimate of drug-likeness (QED) is 0.658. The van der Waals surface area contributed by atoms with Crippen LogP contribution in [0.5, 0.6) is 5.75 Å². The standard InChI is InChI=1S/C22H16N2O2/c25-21-20(16-17-10-4-1-5-11-17)23-22(26-19-14-8-3-9-15-19)24(21)18-12-6-2-7-13-18/h1-16H/b20-16+. The number of aliphatic imine (C=N–C) groups is 1. The topological polar surface area (TPSA) is 41.9 Å². The first-order chi connectivity index (χ1) is 12.8. The van der Waals surface area contributed by atoms with Crippen LogP contribution in [0.4, 0.5) is 5.69 Å². The van der Waals surface area contributed by atoms with Gasteiger partial charge in [-0.25, -0.2) is 4.90 Å². The van der Waals surface area contributed by atoms with E-state index >= 15 is 0 Å². The van der Waals surface area contributed by atoms with Gasteiger partial charge in [0.1, 0.15) is 11.4 Å². The van der Waals surface area contributed by atoms with E-state index in [0.29, 0.717) is 17.1 Å². The van der Waals surface area contributed by atoms with Crippen molar-refractivity contribution in [2.75, 3.05) is 4.90 Å². The van der Waals surface area contributed by atoms with E-state index < -0.39 is 0 Å². The predicted octanol–water partition coefficient (Wildman–Crippen LogP) is 4.51.